The molecule has 1 fully saturated rings. The minimum Gasteiger partial charge on any atom is -0.398 e. The number of anilines is 2. The lowest BCUT2D eigenvalue weighted by Gasteiger charge is -2.32. The number of nitrogens with two attached hydrogens (primary N) is 1. The molecule has 0 spiro atoms. The Bertz CT molecular complexity index is 818. The number of nitro groups is 1. The maximum absolute atomic E-state index is 11.7. The molecule has 26 heavy (non-hydrogen) atoms. The number of hydrogen-bond acceptors (Lipinski definition) is 5. The molecule has 0 amide bonds. The molecule has 1 heterocycles. The number of nitro benzene ring substituents is 1. The van der Waals surface area contributed by atoms with E-state index >= 15 is 0 Å². The topological polar surface area (TPSA) is 84.4 Å². The first-order valence-electron chi connectivity index (χ1n) is 8.37. The van der Waals surface area contributed by atoms with Crippen molar-refractivity contribution in [1.29, 1.82) is 0 Å². The van der Waals surface area contributed by atoms with Crippen LogP contribution in [0.3, 0.4) is 0 Å². The molecule has 0 aromatic heterocycles. The molecule has 3 N–H and O–H groups in total. The third-order valence-corrected chi connectivity index (χ3v) is 5.11. The third-order valence-electron chi connectivity index (χ3n) is 4.68. The molecule has 1 atom stereocenters. The Kier molecular flexibility index (Phi) is 5.55. The SMILES string of the molecule is CC(c1cc(Cl)cc(Cl)c1)c1c(N)ccc([N+](=O)[O-])c1N1CCNCC1. The second kappa shape index (κ2) is 7.70. The van der Waals surface area contributed by atoms with Crippen LogP contribution in [0.4, 0.5) is 17.1 Å². The zero-order chi connectivity index (χ0) is 18.8. The van der Waals surface area contributed by atoms with Gasteiger partial charge in [-0.3, -0.25) is 10.1 Å². The molecule has 2 aromatic rings. The second-order valence-corrected chi connectivity index (χ2v) is 7.23. The standard InChI is InChI=1S/C18H20Cl2N4O2/c1-11(12-8-13(19)10-14(20)9-12)17-15(21)2-3-16(24(25)26)18(17)23-6-4-22-5-7-23/h2-3,8-11,22H,4-7,21H2,1H3. The summed E-state index contributed by atoms with van der Waals surface area (Å²) in [6.45, 7) is 4.86. The fraction of sp³-hybridized carbons (Fsp3) is 0.333. The molecule has 1 aliphatic rings. The van der Waals surface area contributed by atoms with Crippen molar-refractivity contribution < 1.29 is 4.92 Å². The lowest BCUT2D eigenvalue weighted by Crippen LogP contribution is -2.44. The maximum Gasteiger partial charge on any atom is 0.292 e. The van der Waals surface area contributed by atoms with Crippen LogP contribution in [0, 0.1) is 10.1 Å². The third kappa shape index (κ3) is 3.72. The summed E-state index contributed by atoms with van der Waals surface area (Å²) in [6.07, 6.45) is 0. The average Bonchev–Trinajstić information content (AvgIpc) is 2.60. The molecule has 8 heteroatoms. The van der Waals surface area contributed by atoms with Gasteiger partial charge < -0.3 is 16.0 Å². The summed E-state index contributed by atoms with van der Waals surface area (Å²) in [7, 11) is 0. The van der Waals surface area contributed by atoms with Gasteiger partial charge in [0.25, 0.3) is 5.69 Å². The predicted octanol–water partition coefficient (Wildman–Crippen LogP) is 4.05. The van der Waals surface area contributed by atoms with Crippen molar-refractivity contribution in [1.82, 2.24) is 5.32 Å². The Morgan fingerprint density at radius 1 is 1.19 bits per heavy atom. The Hall–Kier alpha value is -2.02. The highest BCUT2D eigenvalue weighted by atomic mass is 35.5. The van der Waals surface area contributed by atoms with E-state index in [-0.39, 0.29) is 16.5 Å². The van der Waals surface area contributed by atoms with Gasteiger partial charge in [-0.25, -0.2) is 0 Å². The van der Waals surface area contributed by atoms with E-state index in [1.54, 1.807) is 12.1 Å². The molecule has 6 nitrogen and oxygen atoms in total. The number of nitrogens with zero attached hydrogens (tertiary/aromatic N) is 2. The van der Waals surface area contributed by atoms with Crippen LogP contribution in [0.15, 0.2) is 30.3 Å². The second-order valence-electron chi connectivity index (χ2n) is 6.35. The van der Waals surface area contributed by atoms with Crippen LogP contribution in [0.1, 0.15) is 24.0 Å². The van der Waals surface area contributed by atoms with Gasteiger partial charge in [-0.05, 0) is 29.8 Å². The Balaban J connectivity index is 2.18. The minimum atomic E-state index is -0.349. The number of nitrogen functional groups attached to an aromatic ring is 1. The molecular weight excluding hydrogens is 375 g/mol. The fourth-order valence-electron chi connectivity index (χ4n) is 3.43. The van der Waals surface area contributed by atoms with Crippen LogP contribution < -0.4 is 16.0 Å². The first-order valence-corrected chi connectivity index (χ1v) is 9.12. The molecule has 0 radical (unpaired) electrons. The minimum absolute atomic E-state index is 0.0658. The molecule has 3 rings (SSSR count). The van der Waals surface area contributed by atoms with E-state index in [0.29, 0.717) is 34.5 Å². The lowest BCUT2D eigenvalue weighted by molar-refractivity contribution is -0.384. The number of nitrogens with one attached hydrogen (secondary N) is 1. The number of piperazine rings is 1. The van der Waals surface area contributed by atoms with Crippen molar-refractivity contribution in [3.8, 4) is 0 Å². The van der Waals surface area contributed by atoms with Crippen LogP contribution in [0.5, 0.6) is 0 Å². The van der Waals surface area contributed by atoms with E-state index in [2.05, 4.69) is 5.32 Å². The molecule has 0 saturated carbocycles. The summed E-state index contributed by atoms with van der Waals surface area (Å²) in [6, 6.07) is 8.37. The van der Waals surface area contributed by atoms with E-state index in [1.165, 1.54) is 6.07 Å². The number of rotatable bonds is 4. The zero-order valence-electron chi connectivity index (χ0n) is 14.3. The maximum atomic E-state index is 11.7. The first-order chi connectivity index (χ1) is 12.4. The molecular formula is C18H20Cl2N4O2. The Labute approximate surface area is 162 Å². The van der Waals surface area contributed by atoms with Crippen molar-refractivity contribution in [3.05, 3.63) is 61.6 Å². The van der Waals surface area contributed by atoms with Gasteiger partial charge in [0.2, 0.25) is 0 Å². The number of halogens is 2. The number of hydrogen-bond donors (Lipinski definition) is 2. The van der Waals surface area contributed by atoms with Crippen molar-refractivity contribution in [2.75, 3.05) is 36.8 Å². The lowest BCUT2D eigenvalue weighted by atomic mass is 9.89. The molecule has 1 saturated heterocycles. The monoisotopic (exact) mass is 394 g/mol. The molecule has 1 aliphatic heterocycles. The quantitative estimate of drug-likeness (QED) is 0.464. The highest BCUT2D eigenvalue weighted by Crippen LogP contribution is 2.43. The van der Waals surface area contributed by atoms with Gasteiger partial charge in [0.05, 0.1) is 4.92 Å². The van der Waals surface area contributed by atoms with E-state index in [9.17, 15) is 10.1 Å². The van der Waals surface area contributed by atoms with E-state index < -0.39 is 0 Å². The molecule has 1 unspecified atom stereocenters. The number of benzene rings is 2. The highest BCUT2D eigenvalue weighted by molar-refractivity contribution is 6.34. The van der Waals surface area contributed by atoms with Crippen molar-refractivity contribution in [2.24, 2.45) is 0 Å². The molecule has 0 aliphatic carbocycles. The van der Waals surface area contributed by atoms with Crippen molar-refractivity contribution in [2.45, 2.75) is 12.8 Å². The smallest absolute Gasteiger partial charge is 0.292 e. The predicted molar refractivity (Wildman–Crippen MR) is 107 cm³/mol. The largest absolute Gasteiger partial charge is 0.398 e. The van der Waals surface area contributed by atoms with Gasteiger partial charge in [-0.15, -0.1) is 0 Å². The van der Waals surface area contributed by atoms with E-state index in [0.717, 1.165) is 24.2 Å². The summed E-state index contributed by atoms with van der Waals surface area (Å²) in [4.78, 5) is 13.4. The first kappa shape index (κ1) is 18.8. The summed E-state index contributed by atoms with van der Waals surface area (Å²) in [5, 5.41) is 16.0. The van der Waals surface area contributed by atoms with Crippen molar-refractivity contribution >= 4 is 40.3 Å². The highest BCUT2D eigenvalue weighted by Gasteiger charge is 2.29. The summed E-state index contributed by atoms with van der Waals surface area (Å²) >= 11 is 12.3. The van der Waals surface area contributed by atoms with Gasteiger partial charge in [0.15, 0.2) is 0 Å². The summed E-state index contributed by atoms with van der Waals surface area (Å²) in [5.41, 5.74) is 9.05. The Morgan fingerprint density at radius 2 is 1.81 bits per heavy atom. The van der Waals surface area contributed by atoms with Gasteiger partial charge in [0, 0.05) is 59.5 Å². The molecule has 138 valence electrons. The summed E-state index contributed by atoms with van der Waals surface area (Å²) < 4.78 is 0. The van der Waals surface area contributed by atoms with Gasteiger partial charge in [-0.1, -0.05) is 30.1 Å². The fourth-order valence-corrected chi connectivity index (χ4v) is 3.97. The van der Waals surface area contributed by atoms with Crippen LogP contribution in [-0.4, -0.2) is 31.1 Å². The molecule has 2 aromatic carbocycles. The Morgan fingerprint density at radius 3 is 2.38 bits per heavy atom. The van der Waals surface area contributed by atoms with Crippen LogP contribution in [-0.2, 0) is 0 Å². The van der Waals surface area contributed by atoms with Crippen LogP contribution in [0.25, 0.3) is 0 Å². The van der Waals surface area contributed by atoms with Gasteiger partial charge >= 0.3 is 0 Å². The van der Waals surface area contributed by atoms with Crippen LogP contribution >= 0.6 is 23.2 Å². The van der Waals surface area contributed by atoms with Gasteiger partial charge in [-0.2, -0.15) is 0 Å². The average molecular weight is 395 g/mol. The molecule has 0 bridgehead atoms. The van der Waals surface area contributed by atoms with E-state index in [4.69, 9.17) is 28.9 Å². The summed E-state index contributed by atoms with van der Waals surface area (Å²) in [5.74, 6) is -0.198. The zero-order valence-corrected chi connectivity index (χ0v) is 15.8. The van der Waals surface area contributed by atoms with E-state index in [1.807, 2.05) is 24.0 Å². The normalized spacial score (nSPS) is 15.7. The van der Waals surface area contributed by atoms with Crippen molar-refractivity contribution in [3.63, 3.8) is 0 Å². The van der Waals surface area contributed by atoms with Crippen LogP contribution in [0.2, 0.25) is 10.0 Å². The van der Waals surface area contributed by atoms with Gasteiger partial charge in [0.1, 0.15) is 5.69 Å².